The third-order valence-electron chi connectivity index (χ3n) is 3.55. The van der Waals surface area contributed by atoms with Crippen molar-refractivity contribution >= 4 is 5.78 Å². The average Bonchev–Trinajstić information content (AvgIpc) is 2.77. The molecule has 100 valence electrons. The minimum atomic E-state index is 0.315. The van der Waals surface area contributed by atoms with Crippen LogP contribution < -0.4 is 0 Å². The van der Waals surface area contributed by atoms with Gasteiger partial charge in [0.2, 0.25) is 0 Å². The van der Waals surface area contributed by atoms with Crippen LogP contribution in [0.25, 0.3) is 0 Å². The van der Waals surface area contributed by atoms with Crippen molar-refractivity contribution in [2.24, 2.45) is 5.92 Å². The zero-order chi connectivity index (χ0) is 13.8. The number of hydrogen-bond donors (Lipinski definition) is 0. The first-order chi connectivity index (χ1) is 9.04. The molecule has 1 aliphatic carbocycles. The molecule has 0 aliphatic heterocycles. The Labute approximate surface area is 116 Å². The molecular formula is C18H22O. The number of rotatable bonds is 5. The summed E-state index contributed by atoms with van der Waals surface area (Å²) in [5, 5.41) is 0. The van der Waals surface area contributed by atoms with Gasteiger partial charge in [0.15, 0.2) is 0 Å². The van der Waals surface area contributed by atoms with E-state index in [0.717, 1.165) is 12.0 Å². The van der Waals surface area contributed by atoms with E-state index in [1.165, 1.54) is 16.7 Å². The van der Waals surface area contributed by atoms with E-state index >= 15 is 0 Å². The van der Waals surface area contributed by atoms with Crippen LogP contribution in [0.15, 0.2) is 47.6 Å². The summed E-state index contributed by atoms with van der Waals surface area (Å²) >= 11 is 0. The monoisotopic (exact) mass is 254 g/mol. The van der Waals surface area contributed by atoms with E-state index in [0.29, 0.717) is 24.5 Å². The molecule has 0 heterocycles. The van der Waals surface area contributed by atoms with Crippen LogP contribution in [0, 0.1) is 12.8 Å². The summed E-state index contributed by atoms with van der Waals surface area (Å²) < 4.78 is 0. The molecular weight excluding hydrogens is 232 g/mol. The molecule has 1 nitrogen and oxygen atoms in total. The summed E-state index contributed by atoms with van der Waals surface area (Å²) in [6.45, 7) is 6.45. The molecule has 19 heavy (non-hydrogen) atoms. The Bertz CT molecular complexity index is 532. The summed E-state index contributed by atoms with van der Waals surface area (Å²) in [6, 6.07) is 8.21. The van der Waals surface area contributed by atoms with Crippen molar-refractivity contribution < 1.29 is 4.79 Å². The number of Topliss-reactive ketones (excluding diaryl/α,β-unsaturated/α-hetero) is 1. The van der Waals surface area contributed by atoms with Crippen molar-refractivity contribution in [1.82, 2.24) is 0 Å². The highest BCUT2D eigenvalue weighted by atomic mass is 16.1. The number of ketones is 1. The Balaban J connectivity index is 1.91. The highest BCUT2D eigenvalue weighted by Crippen LogP contribution is 2.25. The third-order valence-corrected chi connectivity index (χ3v) is 3.55. The van der Waals surface area contributed by atoms with Gasteiger partial charge in [-0.05, 0) is 30.4 Å². The molecule has 0 saturated heterocycles. The Morgan fingerprint density at radius 3 is 2.68 bits per heavy atom. The largest absolute Gasteiger partial charge is 0.299 e. The minimum Gasteiger partial charge on any atom is -0.299 e. The van der Waals surface area contributed by atoms with Gasteiger partial charge >= 0.3 is 0 Å². The lowest BCUT2D eigenvalue weighted by Gasteiger charge is -2.04. The molecule has 0 atom stereocenters. The first-order valence-electron chi connectivity index (χ1n) is 7.01. The van der Waals surface area contributed by atoms with E-state index in [-0.39, 0.29) is 0 Å². The van der Waals surface area contributed by atoms with Crippen LogP contribution in [0.4, 0.5) is 0 Å². The lowest BCUT2D eigenvalue weighted by Crippen LogP contribution is -2.03. The molecule has 1 aromatic carbocycles. The number of allylic oxidation sites excluding steroid dienone is 4. The highest BCUT2D eigenvalue weighted by molar-refractivity contribution is 5.83. The highest BCUT2D eigenvalue weighted by Gasteiger charge is 2.13. The van der Waals surface area contributed by atoms with Crippen molar-refractivity contribution in [1.29, 1.82) is 0 Å². The summed E-state index contributed by atoms with van der Waals surface area (Å²) in [5.74, 6) is 0.875. The van der Waals surface area contributed by atoms with E-state index in [1.807, 2.05) is 12.1 Å². The van der Waals surface area contributed by atoms with E-state index < -0.39 is 0 Å². The van der Waals surface area contributed by atoms with Gasteiger partial charge in [0.1, 0.15) is 5.78 Å². The molecule has 0 N–H and O–H groups in total. The number of hydrogen-bond acceptors (Lipinski definition) is 1. The van der Waals surface area contributed by atoms with E-state index in [9.17, 15) is 4.79 Å². The van der Waals surface area contributed by atoms with E-state index in [4.69, 9.17) is 0 Å². The van der Waals surface area contributed by atoms with E-state index in [1.54, 1.807) is 0 Å². The molecule has 0 unspecified atom stereocenters. The SMILES string of the molecule is Cc1cccc(CC(=O)CC2=CC(C(C)C)=CC2)c1. The number of aryl methyl sites for hydroxylation is 1. The van der Waals surface area contributed by atoms with Crippen LogP contribution in [0.2, 0.25) is 0 Å². The summed E-state index contributed by atoms with van der Waals surface area (Å²) in [5.41, 5.74) is 4.98. The van der Waals surface area contributed by atoms with Gasteiger partial charge < -0.3 is 0 Å². The summed E-state index contributed by atoms with van der Waals surface area (Å²) in [6.07, 6.45) is 6.56. The molecule has 0 fully saturated rings. The predicted octanol–water partition coefficient (Wildman–Crippen LogP) is 4.41. The van der Waals surface area contributed by atoms with Gasteiger partial charge in [-0.1, -0.05) is 61.4 Å². The lowest BCUT2D eigenvalue weighted by atomic mass is 10.0. The van der Waals surface area contributed by atoms with Crippen LogP contribution in [-0.4, -0.2) is 5.78 Å². The number of carbonyl (C=O) groups is 1. The summed E-state index contributed by atoms with van der Waals surface area (Å²) in [7, 11) is 0. The average molecular weight is 254 g/mol. The van der Waals surface area contributed by atoms with Crippen molar-refractivity contribution in [2.75, 3.05) is 0 Å². The molecule has 0 radical (unpaired) electrons. The normalized spacial score (nSPS) is 14.5. The second-order valence-corrected chi connectivity index (χ2v) is 5.75. The molecule has 0 spiro atoms. The smallest absolute Gasteiger partial charge is 0.141 e. The van der Waals surface area contributed by atoms with Gasteiger partial charge in [0.05, 0.1) is 0 Å². The van der Waals surface area contributed by atoms with Crippen LogP contribution in [0.5, 0.6) is 0 Å². The molecule has 0 saturated carbocycles. The maximum Gasteiger partial charge on any atom is 0.141 e. The first-order valence-corrected chi connectivity index (χ1v) is 7.01. The molecule has 1 heteroatoms. The molecule has 0 amide bonds. The van der Waals surface area contributed by atoms with Gasteiger partial charge in [-0.3, -0.25) is 4.79 Å². The molecule has 1 aromatic rings. The fraction of sp³-hybridized carbons (Fsp3) is 0.389. The maximum atomic E-state index is 12.1. The van der Waals surface area contributed by atoms with Gasteiger partial charge in [0, 0.05) is 12.8 Å². The van der Waals surface area contributed by atoms with Crippen LogP contribution in [0.3, 0.4) is 0 Å². The van der Waals surface area contributed by atoms with Crippen LogP contribution in [-0.2, 0) is 11.2 Å². The Morgan fingerprint density at radius 2 is 2.05 bits per heavy atom. The fourth-order valence-corrected chi connectivity index (χ4v) is 2.49. The maximum absolute atomic E-state index is 12.1. The van der Waals surface area contributed by atoms with Crippen molar-refractivity contribution in [3.63, 3.8) is 0 Å². The number of benzene rings is 1. The molecule has 0 bridgehead atoms. The zero-order valence-corrected chi connectivity index (χ0v) is 12.1. The van der Waals surface area contributed by atoms with Gasteiger partial charge in [-0.15, -0.1) is 0 Å². The Kier molecular flexibility index (Phi) is 4.36. The lowest BCUT2D eigenvalue weighted by molar-refractivity contribution is -0.117. The van der Waals surface area contributed by atoms with Crippen molar-refractivity contribution in [3.05, 3.63) is 58.7 Å². The van der Waals surface area contributed by atoms with Gasteiger partial charge in [0.25, 0.3) is 0 Å². The quantitative estimate of drug-likeness (QED) is 0.760. The number of carbonyl (C=O) groups excluding carboxylic acids is 1. The third kappa shape index (κ3) is 3.92. The standard InChI is InChI=1S/C18H22O/c1-13(2)17-8-7-16(10-17)12-18(19)11-15-6-4-5-14(3)9-15/h4-6,8-10,13H,7,11-12H2,1-3H3. The molecule has 1 aliphatic rings. The van der Waals surface area contributed by atoms with E-state index in [2.05, 4.69) is 45.1 Å². The Morgan fingerprint density at radius 1 is 1.26 bits per heavy atom. The Hall–Kier alpha value is -1.63. The second-order valence-electron chi connectivity index (χ2n) is 5.75. The van der Waals surface area contributed by atoms with Crippen LogP contribution >= 0.6 is 0 Å². The van der Waals surface area contributed by atoms with Gasteiger partial charge in [-0.25, -0.2) is 0 Å². The first kappa shape index (κ1) is 13.8. The summed E-state index contributed by atoms with van der Waals surface area (Å²) in [4.78, 5) is 12.1. The second kappa shape index (κ2) is 6.01. The van der Waals surface area contributed by atoms with Crippen molar-refractivity contribution in [2.45, 2.75) is 40.0 Å². The van der Waals surface area contributed by atoms with Crippen molar-refractivity contribution in [3.8, 4) is 0 Å². The van der Waals surface area contributed by atoms with Crippen LogP contribution in [0.1, 0.15) is 37.8 Å². The predicted molar refractivity (Wildman–Crippen MR) is 80.1 cm³/mol. The van der Waals surface area contributed by atoms with Gasteiger partial charge in [-0.2, -0.15) is 0 Å². The zero-order valence-electron chi connectivity index (χ0n) is 12.1. The molecule has 2 rings (SSSR count). The minimum absolute atomic E-state index is 0.315. The fourth-order valence-electron chi connectivity index (χ4n) is 2.49. The molecule has 0 aromatic heterocycles. The topological polar surface area (TPSA) is 17.1 Å².